The number of carbonyl (C=O) groups is 1. The number of aromatic amines is 1. The molecule has 0 bridgehead atoms. The number of H-pyrrole nitrogens is 1. The van der Waals surface area contributed by atoms with Gasteiger partial charge in [0.05, 0.1) is 0 Å². The van der Waals surface area contributed by atoms with Crippen molar-refractivity contribution < 1.29 is 4.79 Å². The number of rotatable bonds is 1. The lowest BCUT2D eigenvalue weighted by atomic mass is 9.85. The fourth-order valence-electron chi connectivity index (χ4n) is 3.37. The van der Waals surface area contributed by atoms with Crippen molar-refractivity contribution in [3.8, 4) is 0 Å². The molecule has 3 heterocycles. The molecule has 2 N–H and O–H groups in total. The molecule has 6 heteroatoms. The topological polar surface area (TPSA) is 78.1 Å². The lowest BCUT2D eigenvalue weighted by Gasteiger charge is -2.35. The first-order chi connectivity index (χ1) is 9.00. The maximum Gasteiger partial charge on any atom is 0.274 e. The van der Waals surface area contributed by atoms with Gasteiger partial charge in [-0.25, -0.2) is 5.10 Å². The monoisotopic (exact) mass is 262 g/mol. The van der Waals surface area contributed by atoms with Crippen LogP contribution in [0.1, 0.15) is 24.3 Å². The fourth-order valence-corrected chi connectivity index (χ4v) is 3.37. The van der Waals surface area contributed by atoms with E-state index in [1.807, 2.05) is 4.90 Å². The molecular weight excluding hydrogens is 244 g/mol. The lowest BCUT2D eigenvalue weighted by Crippen LogP contribution is -2.48. The Morgan fingerprint density at radius 2 is 2.21 bits per heavy atom. The minimum atomic E-state index is -0.293. The summed E-state index contributed by atoms with van der Waals surface area (Å²) in [6.07, 6.45) is 0. The molecule has 1 aromatic rings. The van der Waals surface area contributed by atoms with Crippen molar-refractivity contribution in [2.45, 2.75) is 19.4 Å². The summed E-state index contributed by atoms with van der Waals surface area (Å²) in [5.41, 5.74) is -0.165. The summed E-state index contributed by atoms with van der Waals surface area (Å²) in [7, 11) is 0. The van der Waals surface area contributed by atoms with Gasteiger partial charge in [0.25, 0.3) is 11.5 Å². The minimum absolute atomic E-state index is 0.101. The van der Waals surface area contributed by atoms with E-state index in [1.165, 1.54) is 12.1 Å². The first-order valence-electron chi connectivity index (χ1n) is 6.58. The molecule has 0 radical (unpaired) electrons. The zero-order chi connectivity index (χ0) is 13.6. The number of fused-ring (bicyclic) bond motifs is 1. The van der Waals surface area contributed by atoms with Crippen LogP contribution in [0.15, 0.2) is 16.9 Å². The lowest BCUT2D eigenvalue weighted by molar-refractivity contribution is 0.0596. The van der Waals surface area contributed by atoms with Crippen LogP contribution in [0.5, 0.6) is 0 Å². The van der Waals surface area contributed by atoms with Gasteiger partial charge in [-0.3, -0.25) is 9.59 Å². The van der Waals surface area contributed by atoms with Gasteiger partial charge in [0.15, 0.2) is 0 Å². The van der Waals surface area contributed by atoms with Crippen LogP contribution in [0.4, 0.5) is 0 Å². The van der Waals surface area contributed by atoms with Crippen molar-refractivity contribution in [2.75, 3.05) is 19.6 Å². The van der Waals surface area contributed by atoms with Crippen molar-refractivity contribution >= 4 is 5.91 Å². The Morgan fingerprint density at radius 3 is 2.84 bits per heavy atom. The summed E-state index contributed by atoms with van der Waals surface area (Å²) < 4.78 is 0. The standard InChI is InChI=1S/C13H18N4O2/c1-13(2)9-6-14-5-8(9)7-17(13)12(19)10-3-4-11(18)16-15-10/h3-4,8-9,14H,5-7H2,1-2H3,(H,16,18). The Hall–Kier alpha value is -1.69. The molecule has 2 unspecified atom stereocenters. The van der Waals surface area contributed by atoms with Gasteiger partial charge < -0.3 is 10.2 Å². The Balaban J connectivity index is 1.88. The fraction of sp³-hybridized carbons (Fsp3) is 0.615. The van der Waals surface area contributed by atoms with Crippen LogP contribution in [0.25, 0.3) is 0 Å². The first kappa shape index (κ1) is 12.3. The Labute approximate surface area is 111 Å². The van der Waals surface area contributed by atoms with Crippen LogP contribution in [0.2, 0.25) is 0 Å². The molecule has 0 spiro atoms. The predicted molar refractivity (Wildman–Crippen MR) is 69.8 cm³/mol. The highest BCUT2D eigenvalue weighted by molar-refractivity contribution is 5.92. The van der Waals surface area contributed by atoms with Crippen LogP contribution in [0.3, 0.4) is 0 Å². The number of hydrogen-bond acceptors (Lipinski definition) is 4. The van der Waals surface area contributed by atoms with E-state index in [2.05, 4.69) is 29.4 Å². The van der Waals surface area contributed by atoms with Gasteiger partial charge >= 0.3 is 0 Å². The smallest absolute Gasteiger partial charge is 0.274 e. The number of amides is 1. The third-order valence-corrected chi connectivity index (χ3v) is 4.50. The molecule has 102 valence electrons. The molecule has 1 amide bonds. The molecule has 1 aromatic heterocycles. The van der Waals surface area contributed by atoms with Crippen molar-refractivity contribution in [3.05, 3.63) is 28.2 Å². The van der Waals surface area contributed by atoms with E-state index in [4.69, 9.17) is 0 Å². The van der Waals surface area contributed by atoms with Gasteiger partial charge in [-0.1, -0.05) is 0 Å². The SMILES string of the molecule is CC1(C)C2CNCC2CN1C(=O)c1ccc(=O)[nH]n1. The number of aromatic nitrogens is 2. The summed E-state index contributed by atoms with van der Waals surface area (Å²) in [6.45, 7) is 6.89. The summed E-state index contributed by atoms with van der Waals surface area (Å²) in [5, 5.41) is 9.54. The average molecular weight is 262 g/mol. The number of carbonyl (C=O) groups excluding carboxylic acids is 1. The number of hydrogen-bond donors (Lipinski definition) is 2. The second kappa shape index (κ2) is 4.16. The number of nitrogens with zero attached hydrogens (tertiary/aromatic N) is 2. The van der Waals surface area contributed by atoms with Crippen LogP contribution in [-0.2, 0) is 0 Å². The van der Waals surface area contributed by atoms with Gasteiger partial charge in [-0.2, -0.15) is 5.10 Å². The van der Waals surface area contributed by atoms with Crippen molar-refractivity contribution in [3.63, 3.8) is 0 Å². The largest absolute Gasteiger partial charge is 0.331 e. The molecule has 2 saturated heterocycles. The van der Waals surface area contributed by atoms with E-state index >= 15 is 0 Å². The zero-order valence-corrected chi connectivity index (χ0v) is 11.1. The molecule has 2 fully saturated rings. The minimum Gasteiger partial charge on any atom is -0.331 e. The van der Waals surface area contributed by atoms with Crippen molar-refractivity contribution in [1.82, 2.24) is 20.4 Å². The van der Waals surface area contributed by atoms with Gasteiger partial charge in [0.2, 0.25) is 0 Å². The average Bonchev–Trinajstić information content (AvgIpc) is 2.92. The molecule has 2 atom stereocenters. The van der Waals surface area contributed by atoms with Gasteiger partial charge in [0, 0.05) is 31.2 Å². The van der Waals surface area contributed by atoms with Gasteiger partial charge in [0.1, 0.15) is 5.69 Å². The van der Waals surface area contributed by atoms with E-state index in [9.17, 15) is 9.59 Å². The zero-order valence-electron chi connectivity index (χ0n) is 11.1. The molecule has 0 saturated carbocycles. The Bertz CT molecular complexity index is 546. The molecule has 0 aliphatic carbocycles. The third-order valence-electron chi connectivity index (χ3n) is 4.50. The number of likely N-dealkylation sites (tertiary alicyclic amines) is 1. The summed E-state index contributed by atoms with van der Waals surface area (Å²) >= 11 is 0. The third kappa shape index (κ3) is 1.87. The highest BCUT2D eigenvalue weighted by Gasteiger charge is 2.51. The van der Waals surface area contributed by atoms with E-state index < -0.39 is 0 Å². The van der Waals surface area contributed by atoms with Gasteiger partial charge in [-0.05, 0) is 31.7 Å². The van der Waals surface area contributed by atoms with E-state index in [-0.39, 0.29) is 17.0 Å². The molecule has 6 nitrogen and oxygen atoms in total. The molecule has 2 aliphatic heterocycles. The van der Waals surface area contributed by atoms with Gasteiger partial charge in [-0.15, -0.1) is 0 Å². The van der Waals surface area contributed by atoms with E-state index in [0.717, 1.165) is 19.6 Å². The molecule has 2 aliphatic rings. The molecule has 3 rings (SSSR count). The predicted octanol–water partition coefficient (Wildman–Crippen LogP) is -0.160. The summed E-state index contributed by atoms with van der Waals surface area (Å²) in [6, 6.07) is 2.83. The highest BCUT2D eigenvalue weighted by Crippen LogP contribution is 2.40. The van der Waals surface area contributed by atoms with Crippen molar-refractivity contribution in [1.29, 1.82) is 0 Å². The van der Waals surface area contributed by atoms with Crippen LogP contribution in [0, 0.1) is 11.8 Å². The van der Waals surface area contributed by atoms with Crippen LogP contribution < -0.4 is 10.9 Å². The maximum absolute atomic E-state index is 12.5. The number of nitrogens with one attached hydrogen (secondary N) is 2. The maximum atomic E-state index is 12.5. The normalized spacial score (nSPS) is 28.4. The Morgan fingerprint density at radius 1 is 1.42 bits per heavy atom. The second-order valence-corrected chi connectivity index (χ2v) is 5.90. The van der Waals surface area contributed by atoms with Crippen molar-refractivity contribution in [2.24, 2.45) is 11.8 Å². The van der Waals surface area contributed by atoms with E-state index in [0.29, 0.717) is 17.5 Å². The molecule has 19 heavy (non-hydrogen) atoms. The van der Waals surface area contributed by atoms with Crippen LogP contribution in [-0.4, -0.2) is 46.2 Å². The first-order valence-corrected chi connectivity index (χ1v) is 6.58. The van der Waals surface area contributed by atoms with Crippen LogP contribution >= 0.6 is 0 Å². The quantitative estimate of drug-likeness (QED) is 0.737. The summed E-state index contributed by atoms with van der Waals surface area (Å²) in [5.74, 6) is 0.900. The molecule has 0 aromatic carbocycles. The second-order valence-electron chi connectivity index (χ2n) is 5.90. The Kier molecular flexibility index (Phi) is 2.70. The highest BCUT2D eigenvalue weighted by atomic mass is 16.2. The van der Waals surface area contributed by atoms with E-state index in [1.54, 1.807) is 0 Å². The molecular formula is C13H18N4O2. The summed E-state index contributed by atoms with van der Waals surface area (Å²) in [4.78, 5) is 25.4.